The summed E-state index contributed by atoms with van der Waals surface area (Å²) in [6, 6.07) is -0.156. The fraction of sp³-hybridized carbons (Fsp3) is 0.875. The van der Waals surface area contributed by atoms with Crippen molar-refractivity contribution in [3.63, 3.8) is 0 Å². The lowest BCUT2D eigenvalue weighted by Gasteiger charge is -2.22. The van der Waals surface area contributed by atoms with Crippen LogP contribution in [0.5, 0.6) is 0 Å². The molecule has 0 aromatic rings. The molecular weight excluding hydrogens is 172 g/mol. The van der Waals surface area contributed by atoms with E-state index in [0.29, 0.717) is 32.9 Å². The van der Waals surface area contributed by atoms with Gasteiger partial charge in [0.2, 0.25) is 0 Å². The SMILES string of the molecule is CCNC(=O)NCC1COCCO1. The molecule has 0 radical (unpaired) electrons. The Hall–Kier alpha value is -0.810. The molecule has 1 rings (SSSR count). The van der Waals surface area contributed by atoms with Gasteiger partial charge in [0.1, 0.15) is 0 Å². The highest BCUT2D eigenvalue weighted by Gasteiger charge is 2.14. The van der Waals surface area contributed by atoms with Gasteiger partial charge < -0.3 is 20.1 Å². The van der Waals surface area contributed by atoms with Crippen LogP contribution in [0.4, 0.5) is 4.79 Å². The standard InChI is InChI=1S/C8H16N2O3/c1-2-9-8(11)10-5-7-6-12-3-4-13-7/h7H,2-6H2,1H3,(H2,9,10,11). The summed E-state index contributed by atoms with van der Waals surface area (Å²) in [5.74, 6) is 0. The van der Waals surface area contributed by atoms with E-state index in [2.05, 4.69) is 10.6 Å². The van der Waals surface area contributed by atoms with Gasteiger partial charge in [-0.15, -0.1) is 0 Å². The molecule has 2 N–H and O–H groups in total. The molecule has 0 aromatic heterocycles. The fourth-order valence-electron chi connectivity index (χ4n) is 1.08. The Balaban J connectivity index is 2.06. The van der Waals surface area contributed by atoms with Gasteiger partial charge in [-0.2, -0.15) is 0 Å². The van der Waals surface area contributed by atoms with Crippen molar-refractivity contribution >= 4 is 6.03 Å². The first-order chi connectivity index (χ1) is 6.33. The number of ether oxygens (including phenoxy) is 2. The summed E-state index contributed by atoms with van der Waals surface area (Å²) in [5.41, 5.74) is 0. The Morgan fingerprint density at radius 3 is 2.92 bits per heavy atom. The van der Waals surface area contributed by atoms with Gasteiger partial charge in [-0.25, -0.2) is 4.79 Å². The highest BCUT2D eigenvalue weighted by molar-refractivity contribution is 5.73. The molecule has 1 heterocycles. The van der Waals surface area contributed by atoms with Crippen LogP contribution in [0, 0.1) is 0 Å². The quantitative estimate of drug-likeness (QED) is 0.640. The third kappa shape index (κ3) is 4.10. The van der Waals surface area contributed by atoms with Crippen LogP contribution in [0.25, 0.3) is 0 Å². The largest absolute Gasteiger partial charge is 0.376 e. The van der Waals surface area contributed by atoms with E-state index < -0.39 is 0 Å². The number of carbonyl (C=O) groups excluding carboxylic acids is 1. The van der Waals surface area contributed by atoms with Gasteiger partial charge in [0, 0.05) is 13.1 Å². The van der Waals surface area contributed by atoms with E-state index in [1.54, 1.807) is 0 Å². The lowest BCUT2D eigenvalue weighted by molar-refractivity contribution is -0.0853. The van der Waals surface area contributed by atoms with Crippen molar-refractivity contribution in [1.29, 1.82) is 0 Å². The van der Waals surface area contributed by atoms with E-state index in [-0.39, 0.29) is 12.1 Å². The number of carbonyl (C=O) groups is 1. The fourth-order valence-corrected chi connectivity index (χ4v) is 1.08. The molecule has 0 aliphatic carbocycles. The third-order valence-electron chi connectivity index (χ3n) is 1.71. The minimum absolute atomic E-state index is 0.00337. The molecule has 0 bridgehead atoms. The maximum atomic E-state index is 11.0. The Bertz CT molecular complexity index is 157. The first-order valence-electron chi connectivity index (χ1n) is 4.54. The lowest BCUT2D eigenvalue weighted by atomic mass is 10.3. The van der Waals surface area contributed by atoms with Crippen molar-refractivity contribution in [3.8, 4) is 0 Å². The zero-order chi connectivity index (χ0) is 9.52. The number of urea groups is 1. The topological polar surface area (TPSA) is 59.6 Å². The molecule has 1 saturated heterocycles. The predicted molar refractivity (Wildman–Crippen MR) is 47.6 cm³/mol. The van der Waals surface area contributed by atoms with Crippen molar-refractivity contribution in [2.24, 2.45) is 0 Å². The summed E-state index contributed by atoms with van der Waals surface area (Å²) < 4.78 is 10.5. The van der Waals surface area contributed by atoms with Gasteiger partial charge >= 0.3 is 6.03 Å². The van der Waals surface area contributed by atoms with E-state index in [9.17, 15) is 4.79 Å². The summed E-state index contributed by atoms with van der Waals surface area (Å²) in [4.78, 5) is 11.0. The van der Waals surface area contributed by atoms with Crippen molar-refractivity contribution < 1.29 is 14.3 Å². The number of hydrogen-bond acceptors (Lipinski definition) is 3. The Morgan fingerprint density at radius 1 is 1.46 bits per heavy atom. The minimum Gasteiger partial charge on any atom is -0.376 e. The second-order valence-corrected chi connectivity index (χ2v) is 2.81. The highest BCUT2D eigenvalue weighted by Crippen LogP contribution is 1.98. The van der Waals surface area contributed by atoms with Gasteiger partial charge in [0.15, 0.2) is 0 Å². The van der Waals surface area contributed by atoms with E-state index in [1.807, 2.05) is 6.92 Å². The molecule has 76 valence electrons. The van der Waals surface area contributed by atoms with Crippen molar-refractivity contribution in [1.82, 2.24) is 10.6 Å². The zero-order valence-corrected chi connectivity index (χ0v) is 7.84. The normalized spacial score (nSPS) is 22.4. The second-order valence-electron chi connectivity index (χ2n) is 2.81. The van der Waals surface area contributed by atoms with Gasteiger partial charge in [-0.1, -0.05) is 0 Å². The average Bonchev–Trinajstić information content (AvgIpc) is 2.17. The van der Waals surface area contributed by atoms with Crippen LogP contribution in [0.1, 0.15) is 6.92 Å². The summed E-state index contributed by atoms with van der Waals surface area (Å²) >= 11 is 0. The molecule has 1 aliphatic heterocycles. The smallest absolute Gasteiger partial charge is 0.314 e. The van der Waals surface area contributed by atoms with Gasteiger partial charge in [-0.3, -0.25) is 0 Å². The number of hydrogen-bond donors (Lipinski definition) is 2. The maximum absolute atomic E-state index is 11.0. The molecule has 0 aromatic carbocycles. The molecule has 1 atom stereocenters. The van der Waals surface area contributed by atoms with Crippen LogP contribution in [0.3, 0.4) is 0 Å². The number of nitrogens with one attached hydrogen (secondary N) is 2. The molecule has 0 saturated carbocycles. The van der Waals surface area contributed by atoms with Crippen molar-refractivity contribution in [2.75, 3.05) is 32.9 Å². The van der Waals surface area contributed by atoms with Crippen LogP contribution in [-0.2, 0) is 9.47 Å². The Morgan fingerprint density at radius 2 is 2.31 bits per heavy atom. The molecule has 13 heavy (non-hydrogen) atoms. The first kappa shape index (κ1) is 10.3. The summed E-state index contributed by atoms with van der Waals surface area (Å²) in [7, 11) is 0. The Labute approximate surface area is 77.8 Å². The van der Waals surface area contributed by atoms with E-state index in [1.165, 1.54) is 0 Å². The van der Waals surface area contributed by atoms with Crippen LogP contribution in [-0.4, -0.2) is 45.0 Å². The third-order valence-corrected chi connectivity index (χ3v) is 1.71. The van der Waals surface area contributed by atoms with E-state index in [0.717, 1.165) is 0 Å². The Kier molecular flexibility index (Phi) is 4.56. The van der Waals surface area contributed by atoms with Crippen molar-refractivity contribution in [2.45, 2.75) is 13.0 Å². The highest BCUT2D eigenvalue weighted by atomic mass is 16.6. The van der Waals surface area contributed by atoms with Crippen molar-refractivity contribution in [3.05, 3.63) is 0 Å². The molecule has 5 nitrogen and oxygen atoms in total. The summed E-state index contributed by atoms with van der Waals surface area (Å²) in [6.45, 7) is 4.84. The van der Waals surface area contributed by atoms with Gasteiger partial charge in [0.25, 0.3) is 0 Å². The van der Waals surface area contributed by atoms with E-state index >= 15 is 0 Å². The molecule has 5 heteroatoms. The van der Waals surface area contributed by atoms with Crippen LogP contribution in [0.15, 0.2) is 0 Å². The molecule has 1 fully saturated rings. The average molecular weight is 188 g/mol. The monoisotopic (exact) mass is 188 g/mol. The zero-order valence-electron chi connectivity index (χ0n) is 7.84. The molecule has 0 spiro atoms. The van der Waals surface area contributed by atoms with Crippen LogP contribution in [0.2, 0.25) is 0 Å². The van der Waals surface area contributed by atoms with Gasteiger partial charge in [-0.05, 0) is 6.92 Å². The summed E-state index contributed by atoms with van der Waals surface area (Å²) in [5, 5.41) is 5.34. The molecule has 2 amide bonds. The number of rotatable bonds is 3. The predicted octanol–water partition coefficient (Wildman–Crippen LogP) is -0.279. The summed E-state index contributed by atoms with van der Waals surface area (Å²) in [6.07, 6.45) is -0.00337. The number of amides is 2. The molecule has 1 unspecified atom stereocenters. The van der Waals surface area contributed by atoms with Crippen LogP contribution >= 0.6 is 0 Å². The van der Waals surface area contributed by atoms with Crippen LogP contribution < -0.4 is 10.6 Å². The maximum Gasteiger partial charge on any atom is 0.314 e. The van der Waals surface area contributed by atoms with Gasteiger partial charge in [0.05, 0.1) is 25.9 Å². The first-order valence-corrected chi connectivity index (χ1v) is 4.54. The van der Waals surface area contributed by atoms with E-state index in [4.69, 9.17) is 9.47 Å². The second kappa shape index (κ2) is 5.77. The molecular formula is C8H16N2O3. The lowest BCUT2D eigenvalue weighted by Crippen LogP contribution is -2.43. The molecule has 1 aliphatic rings. The minimum atomic E-state index is -0.156.